The maximum Gasteiger partial charge on any atom is 0.241 e. The van der Waals surface area contributed by atoms with Crippen LogP contribution in [0.4, 0.5) is 0 Å². The summed E-state index contributed by atoms with van der Waals surface area (Å²) in [6.07, 6.45) is 1.66. The Morgan fingerprint density at radius 3 is 2.30 bits per heavy atom. The number of amides is 1. The minimum atomic E-state index is -3.78. The average Bonchev–Trinajstić information content (AvgIpc) is 2.73. The van der Waals surface area contributed by atoms with Crippen molar-refractivity contribution in [3.63, 3.8) is 0 Å². The van der Waals surface area contributed by atoms with Crippen LogP contribution in [0.2, 0.25) is 0 Å². The van der Waals surface area contributed by atoms with E-state index in [4.69, 9.17) is 9.47 Å². The largest absolute Gasteiger partial charge is 0.493 e. The third-order valence-corrected chi connectivity index (χ3v) is 6.17. The first kappa shape index (κ1) is 23.7. The molecule has 0 heterocycles. The summed E-state index contributed by atoms with van der Waals surface area (Å²) in [6, 6.07) is 11.3. The summed E-state index contributed by atoms with van der Waals surface area (Å²) < 4.78 is 38.3. The molecule has 1 amide bonds. The van der Waals surface area contributed by atoms with Crippen LogP contribution in [0.5, 0.6) is 11.5 Å². The number of aryl methyl sites for hydroxylation is 1. The Balaban J connectivity index is 1.99. The Bertz CT molecular complexity index is 943. The van der Waals surface area contributed by atoms with Gasteiger partial charge in [-0.2, -0.15) is 4.72 Å². The molecule has 0 aliphatic carbocycles. The van der Waals surface area contributed by atoms with Crippen LogP contribution in [0.15, 0.2) is 47.4 Å². The molecule has 164 valence electrons. The van der Waals surface area contributed by atoms with E-state index in [0.717, 1.165) is 11.1 Å². The first-order chi connectivity index (χ1) is 14.3. The highest BCUT2D eigenvalue weighted by atomic mass is 32.2. The van der Waals surface area contributed by atoms with Crippen molar-refractivity contribution in [1.82, 2.24) is 10.0 Å². The molecule has 0 saturated heterocycles. The number of hydrogen-bond acceptors (Lipinski definition) is 5. The fourth-order valence-electron chi connectivity index (χ4n) is 2.99. The molecule has 0 aliphatic rings. The molecular formula is C22H30N2O5S. The molecule has 2 rings (SSSR count). The van der Waals surface area contributed by atoms with Crippen LogP contribution in [-0.4, -0.2) is 41.1 Å². The standard InChI is InChI=1S/C22H30N2O5S/c1-5-6-19(24-30(26,27)18-10-7-16(2)8-11-18)22(25)23-14-13-17-9-12-20(28-3)21(15-17)29-4/h7-12,15,19,24H,5-6,13-14H2,1-4H3,(H,23,25). The van der Waals surface area contributed by atoms with E-state index in [1.807, 2.05) is 32.0 Å². The van der Waals surface area contributed by atoms with E-state index in [2.05, 4.69) is 10.0 Å². The lowest BCUT2D eigenvalue weighted by Gasteiger charge is -2.18. The predicted octanol–water partition coefficient (Wildman–Crippen LogP) is 2.82. The van der Waals surface area contributed by atoms with Gasteiger partial charge in [-0.3, -0.25) is 4.79 Å². The van der Waals surface area contributed by atoms with Crippen LogP contribution in [-0.2, 0) is 21.2 Å². The smallest absolute Gasteiger partial charge is 0.241 e. The third kappa shape index (κ3) is 6.47. The van der Waals surface area contributed by atoms with Crippen LogP contribution in [0.25, 0.3) is 0 Å². The van der Waals surface area contributed by atoms with Gasteiger partial charge in [0.1, 0.15) is 6.04 Å². The average molecular weight is 435 g/mol. The first-order valence-electron chi connectivity index (χ1n) is 9.88. The normalized spacial score (nSPS) is 12.3. The fraction of sp³-hybridized carbons (Fsp3) is 0.409. The Morgan fingerprint density at radius 2 is 1.70 bits per heavy atom. The van der Waals surface area contributed by atoms with Crippen molar-refractivity contribution in [2.45, 2.75) is 44.0 Å². The van der Waals surface area contributed by atoms with E-state index in [1.165, 1.54) is 12.1 Å². The zero-order chi connectivity index (χ0) is 22.1. The monoisotopic (exact) mass is 434 g/mol. The van der Waals surface area contributed by atoms with Crippen LogP contribution >= 0.6 is 0 Å². The number of carbonyl (C=O) groups is 1. The van der Waals surface area contributed by atoms with Crippen LogP contribution in [0, 0.1) is 6.92 Å². The van der Waals surface area contributed by atoms with Gasteiger partial charge >= 0.3 is 0 Å². The molecule has 2 aromatic rings. The molecule has 2 aromatic carbocycles. The number of hydrogen-bond donors (Lipinski definition) is 2. The Morgan fingerprint density at radius 1 is 1.03 bits per heavy atom. The molecule has 2 N–H and O–H groups in total. The summed E-state index contributed by atoms with van der Waals surface area (Å²) in [4.78, 5) is 12.8. The number of sulfonamides is 1. The van der Waals surface area contributed by atoms with E-state index in [1.54, 1.807) is 26.4 Å². The maximum absolute atomic E-state index is 12.6. The van der Waals surface area contributed by atoms with Gasteiger partial charge in [0.05, 0.1) is 19.1 Å². The van der Waals surface area contributed by atoms with Gasteiger partial charge in [-0.15, -0.1) is 0 Å². The number of nitrogens with one attached hydrogen (secondary N) is 2. The molecule has 0 bridgehead atoms. The van der Waals surface area contributed by atoms with Gasteiger partial charge in [-0.25, -0.2) is 8.42 Å². The summed E-state index contributed by atoms with van der Waals surface area (Å²) in [5.41, 5.74) is 1.94. The number of ether oxygens (including phenoxy) is 2. The van der Waals surface area contributed by atoms with Crippen molar-refractivity contribution >= 4 is 15.9 Å². The Labute approximate surface area is 178 Å². The predicted molar refractivity (Wildman–Crippen MR) is 116 cm³/mol. The van der Waals surface area contributed by atoms with Gasteiger partial charge in [0.2, 0.25) is 15.9 Å². The summed E-state index contributed by atoms with van der Waals surface area (Å²) in [6.45, 7) is 4.17. The zero-order valence-corrected chi connectivity index (χ0v) is 18.7. The van der Waals surface area contributed by atoms with Crippen molar-refractivity contribution in [2.24, 2.45) is 0 Å². The van der Waals surface area contributed by atoms with Crippen molar-refractivity contribution in [2.75, 3.05) is 20.8 Å². The molecule has 1 unspecified atom stereocenters. The molecule has 0 aliphatic heterocycles. The maximum atomic E-state index is 12.6. The number of carbonyl (C=O) groups excluding carboxylic acids is 1. The summed E-state index contributed by atoms with van der Waals surface area (Å²) in [7, 11) is -0.638. The lowest BCUT2D eigenvalue weighted by Crippen LogP contribution is -2.47. The number of benzene rings is 2. The van der Waals surface area contributed by atoms with E-state index < -0.39 is 16.1 Å². The van der Waals surface area contributed by atoms with Crippen molar-refractivity contribution in [3.8, 4) is 11.5 Å². The summed E-state index contributed by atoms with van der Waals surface area (Å²) in [5, 5.41) is 2.83. The van der Waals surface area contributed by atoms with Crippen LogP contribution < -0.4 is 19.5 Å². The lowest BCUT2D eigenvalue weighted by atomic mass is 10.1. The molecule has 1 atom stereocenters. The highest BCUT2D eigenvalue weighted by Gasteiger charge is 2.24. The molecule has 0 fully saturated rings. The molecule has 30 heavy (non-hydrogen) atoms. The molecule has 0 spiro atoms. The van der Waals surface area contributed by atoms with Gasteiger partial charge in [0, 0.05) is 6.54 Å². The molecular weight excluding hydrogens is 404 g/mol. The highest BCUT2D eigenvalue weighted by Crippen LogP contribution is 2.27. The van der Waals surface area contributed by atoms with E-state index in [9.17, 15) is 13.2 Å². The second-order valence-electron chi connectivity index (χ2n) is 7.01. The summed E-state index contributed by atoms with van der Waals surface area (Å²) >= 11 is 0. The van der Waals surface area contributed by atoms with Gasteiger partial charge in [-0.1, -0.05) is 37.1 Å². The van der Waals surface area contributed by atoms with Crippen molar-refractivity contribution < 1.29 is 22.7 Å². The van der Waals surface area contributed by atoms with E-state index in [-0.39, 0.29) is 10.8 Å². The Kier molecular flexibility index (Phi) is 8.68. The quantitative estimate of drug-likeness (QED) is 0.567. The second-order valence-corrected chi connectivity index (χ2v) is 8.72. The van der Waals surface area contributed by atoms with E-state index >= 15 is 0 Å². The van der Waals surface area contributed by atoms with Crippen LogP contribution in [0.1, 0.15) is 30.9 Å². The minimum Gasteiger partial charge on any atom is -0.493 e. The second kappa shape index (κ2) is 11.0. The summed E-state index contributed by atoms with van der Waals surface area (Å²) in [5.74, 6) is 0.919. The molecule has 7 nitrogen and oxygen atoms in total. The third-order valence-electron chi connectivity index (χ3n) is 4.68. The van der Waals surface area contributed by atoms with Crippen molar-refractivity contribution in [3.05, 3.63) is 53.6 Å². The van der Waals surface area contributed by atoms with Gasteiger partial charge in [0.25, 0.3) is 0 Å². The topological polar surface area (TPSA) is 93.7 Å². The molecule has 0 aromatic heterocycles. The molecule has 0 saturated carbocycles. The minimum absolute atomic E-state index is 0.146. The first-order valence-corrected chi connectivity index (χ1v) is 11.4. The number of rotatable bonds is 11. The SMILES string of the molecule is CCCC(NS(=O)(=O)c1ccc(C)cc1)C(=O)NCCc1ccc(OC)c(OC)c1. The van der Waals surface area contributed by atoms with Gasteiger partial charge in [-0.05, 0) is 49.6 Å². The van der Waals surface area contributed by atoms with Crippen LogP contribution in [0.3, 0.4) is 0 Å². The zero-order valence-electron chi connectivity index (χ0n) is 17.9. The fourth-order valence-corrected chi connectivity index (χ4v) is 4.22. The highest BCUT2D eigenvalue weighted by molar-refractivity contribution is 7.89. The lowest BCUT2D eigenvalue weighted by molar-refractivity contribution is -0.122. The number of methoxy groups -OCH3 is 2. The van der Waals surface area contributed by atoms with Gasteiger partial charge < -0.3 is 14.8 Å². The molecule has 8 heteroatoms. The van der Waals surface area contributed by atoms with Crippen molar-refractivity contribution in [1.29, 1.82) is 0 Å². The molecule has 0 radical (unpaired) electrons. The Hall–Kier alpha value is -2.58. The van der Waals surface area contributed by atoms with Gasteiger partial charge in [0.15, 0.2) is 11.5 Å². The van der Waals surface area contributed by atoms with E-state index in [0.29, 0.717) is 37.3 Å².